The number of allylic oxidation sites excluding steroid dienone is 1. The van der Waals surface area contributed by atoms with Crippen molar-refractivity contribution in [2.45, 2.75) is 71.1 Å². The number of hydrogen-bond acceptors (Lipinski definition) is 3. The van der Waals surface area contributed by atoms with Crippen LogP contribution in [-0.4, -0.2) is 22.4 Å². The minimum Gasteiger partial charge on any atom is -0.294 e. The van der Waals surface area contributed by atoms with Gasteiger partial charge in [0.15, 0.2) is 5.78 Å². The second-order valence-corrected chi connectivity index (χ2v) is 10.6. The number of aromatic nitrogens is 2. The summed E-state index contributed by atoms with van der Waals surface area (Å²) in [5.41, 5.74) is 9.28. The Balaban J connectivity index is 0.00000200. The van der Waals surface area contributed by atoms with E-state index in [-0.39, 0.29) is 15.3 Å². The fraction of sp³-hybridized carbons (Fsp3) is 0.406. The Labute approximate surface area is 216 Å². The molecular formula is C32H39FN2O. The first-order valence-corrected chi connectivity index (χ1v) is 13.3. The third kappa shape index (κ3) is 5.33. The number of Topliss-reactive ketones (excluding diaryl/α,β-unsaturated/α-hetero) is 1. The molecule has 5 rings (SSSR count). The van der Waals surface area contributed by atoms with Gasteiger partial charge in [-0.05, 0) is 105 Å². The first kappa shape index (κ1) is 24.5. The predicted octanol–water partition coefficient (Wildman–Crippen LogP) is 8.47. The zero-order chi connectivity index (χ0) is 25.1. The Kier molecular flexibility index (Phi) is 7.41. The Hall–Kier alpha value is -3.14. The van der Waals surface area contributed by atoms with E-state index in [9.17, 15) is 9.18 Å². The molecule has 0 spiro atoms. The fourth-order valence-electron chi connectivity index (χ4n) is 5.99. The highest BCUT2D eigenvalue weighted by Crippen LogP contribution is 2.39. The molecule has 4 heteroatoms. The molecule has 2 aromatic heterocycles. The van der Waals surface area contributed by atoms with Crippen LogP contribution >= 0.6 is 0 Å². The van der Waals surface area contributed by atoms with Crippen molar-refractivity contribution in [1.82, 2.24) is 9.97 Å². The van der Waals surface area contributed by atoms with E-state index in [2.05, 4.69) is 30.1 Å². The molecule has 0 amide bonds. The number of hydrogen-bond donors (Lipinski definition) is 0. The van der Waals surface area contributed by atoms with Crippen molar-refractivity contribution >= 4 is 11.9 Å². The van der Waals surface area contributed by atoms with Crippen LogP contribution in [-0.2, 0) is 6.42 Å². The Bertz CT molecular complexity index is 1280. The van der Waals surface area contributed by atoms with Crippen LogP contribution in [0.2, 0.25) is 0 Å². The lowest BCUT2D eigenvalue weighted by molar-refractivity contribution is 0.0993. The summed E-state index contributed by atoms with van der Waals surface area (Å²) in [4.78, 5) is 22.3. The number of nitrogens with zero attached hydrogens (tertiary/aromatic N) is 2. The van der Waals surface area contributed by atoms with Gasteiger partial charge in [-0.2, -0.15) is 0 Å². The van der Waals surface area contributed by atoms with Gasteiger partial charge in [-0.1, -0.05) is 30.4 Å². The fourth-order valence-corrected chi connectivity index (χ4v) is 5.99. The van der Waals surface area contributed by atoms with Crippen LogP contribution in [0.1, 0.15) is 97.7 Å². The van der Waals surface area contributed by atoms with Crippen LogP contribution in [0.25, 0.3) is 17.3 Å². The Morgan fingerprint density at radius 1 is 1.06 bits per heavy atom. The highest BCUT2D eigenvalue weighted by Gasteiger charge is 2.24. The van der Waals surface area contributed by atoms with Gasteiger partial charge in [-0.3, -0.25) is 19.2 Å². The lowest BCUT2D eigenvalue weighted by atomic mass is 9.76. The first-order chi connectivity index (χ1) is 17.5. The second-order valence-electron chi connectivity index (χ2n) is 10.6. The molecule has 2 aliphatic rings. The molecular weight excluding hydrogens is 447 g/mol. The monoisotopic (exact) mass is 486 g/mol. The topological polar surface area (TPSA) is 42.9 Å². The average molecular weight is 487 g/mol. The normalized spacial score (nSPS) is 19.4. The number of halogens is 1. The van der Waals surface area contributed by atoms with E-state index in [0.29, 0.717) is 31.1 Å². The molecule has 0 aliphatic heterocycles. The summed E-state index contributed by atoms with van der Waals surface area (Å²) in [5, 5.41) is 0. The van der Waals surface area contributed by atoms with Gasteiger partial charge in [0.25, 0.3) is 0 Å². The van der Waals surface area contributed by atoms with Crippen LogP contribution in [0.5, 0.6) is 0 Å². The van der Waals surface area contributed by atoms with Crippen molar-refractivity contribution in [3.63, 3.8) is 0 Å². The molecule has 1 fully saturated rings. The van der Waals surface area contributed by atoms with Gasteiger partial charge in [0, 0.05) is 38.7 Å². The van der Waals surface area contributed by atoms with Crippen LogP contribution in [0.15, 0.2) is 48.7 Å². The van der Waals surface area contributed by atoms with Crippen LogP contribution < -0.4 is 0 Å². The molecule has 3 aromatic rings. The van der Waals surface area contributed by atoms with Gasteiger partial charge in [0.1, 0.15) is 0 Å². The zero-order valence-electron chi connectivity index (χ0n) is 21.4. The number of benzene rings is 1. The predicted molar refractivity (Wildman–Crippen MR) is 148 cm³/mol. The number of fused-ring (bicyclic) bond motifs is 1. The van der Waals surface area contributed by atoms with E-state index in [0.717, 1.165) is 40.2 Å². The number of ketones is 1. The van der Waals surface area contributed by atoms with Crippen molar-refractivity contribution in [2.24, 2.45) is 5.92 Å². The zero-order valence-corrected chi connectivity index (χ0v) is 21.4. The van der Waals surface area contributed by atoms with Gasteiger partial charge in [0.2, 0.25) is 0 Å². The quantitative estimate of drug-likeness (QED) is 0.336. The molecule has 0 atom stereocenters. The molecule has 0 bridgehead atoms. The van der Waals surface area contributed by atoms with Gasteiger partial charge in [-0.15, -0.1) is 0 Å². The molecule has 1 saturated carbocycles. The highest BCUT2D eigenvalue weighted by atomic mass is 19.1. The van der Waals surface area contributed by atoms with Gasteiger partial charge < -0.3 is 0 Å². The first-order valence-electron chi connectivity index (χ1n) is 13.3. The van der Waals surface area contributed by atoms with E-state index in [1.165, 1.54) is 42.4 Å². The summed E-state index contributed by atoms with van der Waals surface area (Å²) in [6, 6.07) is 12.8. The van der Waals surface area contributed by atoms with Gasteiger partial charge in [0.05, 0.1) is 18.1 Å². The largest absolute Gasteiger partial charge is 0.294 e. The van der Waals surface area contributed by atoms with Crippen LogP contribution in [0.4, 0.5) is 4.39 Å². The van der Waals surface area contributed by atoms with Crippen LogP contribution in [0.3, 0.4) is 0 Å². The van der Waals surface area contributed by atoms with E-state index in [4.69, 9.17) is 4.98 Å². The lowest BCUT2D eigenvalue weighted by Gasteiger charge is -2.29. The number of carbonyl (C=O) groups is 1. The summed E-state index contributed by atoms with van der Waals surface area (Å²) >= 11 is 0. The van der Waals surface area contributed by atoms with E-state index >= 15 is 0 Å². The molecule has 36 heavy (non-hydrogen) atoms. The molecule has 1 aromatic carbocycles. The molecule has 0 unspecified atom stereocenters. The molecule has 3 nitrogen and oxygen atoms in total. The summed E-state index contributed by atoms with van der Waals surface area (Å²) in [6.45, 7) is 3.99. The summed E-state index contributed by atoms with van der Waals surface area (Å²) in [5.74, 6) is 1.42. The van der Waals surface area contributed by atoms with Crippen LogP contribution in [0, 0.1) is 19.8 Å². The summed E-state index contributed by atoms with van der Waals surface area (Å²) in [7, 11) is 0. The average Bonchev–Trinajstić information content (AvgIpc) is 2.88. The standard InChI is InChI=1S/C32H35FN2O.2H2/c1-21-17-24(11-15-28(21)25-13-9-23(10-14-25)5-4-16-33)18-30-32-26(6-3-7-31(32)36)19-29(35-30)27-12-8-22(2)34-20-27;;/h3,6,8,11-12,15,17,19-20,23,25H,4-5,7,9-10,13-14,16,18H2,1-2H3;2*1H. The molecule has 0 radical (unpaired) electrons. The maximum Gasteiger partial charge on any atom is 0.169 e. The Morgan fingerprint density at radius 2 is 1.89 bits per heavy atom. The molecule has 0 N–H and O–H groups in total. The van der Waals surface area contributed by atoms with Crippen molar-refractivity contribution in [1.29, 1.82) is 0 Å². The number of rotatable bonds is 7. The molecule has 0 saturated heterocycles. The lowest BCUT2D eigenvalue weighted by Crippen LogP contribution is -2.15. The van der Waals surface area contributed by atoms with Gasteiger partial charge >= 0.3 is 0 Å². The van der Waals surface area contributed by atoms with E-state index < -0.39 is 0 Å². The maximum atomic E-state index is 12.9. The third-order valence-corrected chi connectivity index (χ3v) is 7.95. The minimum atomic E-state index is -0.189. The SMILES string of the molecule is Cc1ccc(-c2cc3c(c(Cc4ccc(C5CCC(CCCF)CC5)c(C)c4)n2)C(=O)CC=C3)cn1.[HH].[HH]. The summed E-state index contributed by atoms with van der Waals surface area (Å²) in [6.07, 6.45) is 13.4. The van der Waals surface area contributed by atoms with Crippen molar-refractivity contribution in [3.8, 4) is 11.3 Å². The third-order valence-electron chi connectivity index (χ3n) is 7.95. The Morgan fingerprint density at radius 3 is 2.61 bits per heavy atom. The van der Waals surface area contributed by atoms with Crippen molar-refractivity contribution < 1.29 is 12.0 Å². The number of pyridine rings is 2. The van der Waals surface area contributed by atoms with E-state index in [1.807, 2.05) is 43.5 Å². The van der Waals surface area contributed by atoms with Crippen molar-refractivity contribution in [3.05, 3.63) is 87.9 Å². The smallest absolute Gasteiger partial charge is 0.169 e. The molecule has 190 valence electrons. The molecule has 2 aliphatic carbocycles. The van der Waals surface area contributed by atoms with E-state index in [1.54, 1.807) is 0 Å². The summed E-state index contributed by atoms with van der Waals surface area (Å²) < 4.78 is 12.5. The number of alkyl halides is 1. The second kappa shape index (κ2) is 10.9. The number of carbonyl (C=O) groups excluding carboxylic acids is 1. The maximum absolute atomic E-state index is 12.9. The minimum absolute atomic E-state index is 0. The molecule has 2 heterocycles. The van der Waals surface area contributed by atoms with Crippen molar-refractivity contribution in [2.75, 3.05) is 6.67 Å². The van der Waals surface area contributed by atoms with Gasteiger partial charge in [-0.25, -0.2) is 0 Å². The highest BCUT2D eigenvalue weighted by molar-refractivity contribution is 6.04. The number of aryl methyl sites for hydroxylation is 2.